The second-order valence-electron chi connectivity index (χ2n) is 13.7. The van der Waals surface area contributed by atoms with Gasteiger partial charge in [-0.05, 0) is 121 Å². The summed E-state index contributed by atoms with van der Waals surface area (Å²) in [4.78, 5) is 44.0. The molecule has 0 aliphatic carbocycles. The van der Waals surface area contributed by atoms with Gasteiger partial charge in [0.15, 0.2) is 0 Å². The summed E-state index contributed by atoms with van der Waals surface area (Å²) >= 11 is 3.46. The molecule has 9 nitrogen and oxygen atoms in total. The van der Waals surface area contributed by atoms with E-state index >= 15 is 0 Å². The number of hydrogen-bond acceptors (Lipinski definition) is 9. The molecular weight excluding hydrogens is 672 g/mol. The Kier molecular flexibility index (Phi) is 12.6. The quantitative estimate of drug-likeness (QED) is 0.100. The summed E-state index contributed by atoms with van der Waals surface area (Å²) in [5.41, 5.74) is 6.93. The molecule has 0 saturated carbocycles. The predicted molar refractivity (Wildman–Crippen MR) is 189 cm³/mol. The third kappa shape index (κ3) is 12.2. The SMILES string of the molecule is Cc1cc(CCC(=O)OC(C)(C)C)cc(-c2cc(CCC(=O)OC(C)(C)C)cc(COCc3cccc(-c4cccc(CBr)n4)n3)n2)n1. The summed E-state index contributed by atoms with van der Waals surface area (Å²) in [5.74, 6) is -0.511. The zero-order valence-corrected chi connectivity index (χ0v) is 30.5. The van der Waals surface area contributed by atoms with Gasteiger partial charge in [-0.15, -0.1) is 0 Å². The number of hydrogen-bond donors (Lipinski definition) is 0. The highest BCUT2D eigenvalue weighted by atomic mass is 79.9. The molecule has 0 unspecified atom stereocenters. The number of carbonyl (C=O) groups excluding carboxylic acids is 2. The lowest BCUT2D eigenvalue weighted by Gasteiger charge is -2.19. The van der Waals surface area contributed by atoms with Crippen molar-refractivity contribution in [3.63, 3.8) is 0 Å². The molecule has 0 aliphatic heterocycles. The molecule has 0 aliphatic rings. The molecule has 0 atom stereocenters. The van der Waals surface area contributed by atoms with Crippen molar-refractivity contribution in [3.05, 3.63) is 94.6 Å². The van der Waals surface area contributed by atoms with E-state index in [1.807, 2.05) is 109 Å². The van der Waals surface area contributed by atoms with Crippen molar-refractivity contribution in [1.82, 2.24) is 19.9 Å². The summed E-state index contributed by atoms with van der Waals surface area (Å²) in [7, 11) is 0. The van der Waals surface area contributed by atoms with Gasteiger partial charge in [0.2, 0.25) is 0 Å². The largest absolute Gasteiger partial charge is 0.460 e. The summed E-state index contributed by atoms with van der Waals surface area (Å²) in [6.07, 6.45) is 1.47. The van der Waals surface area contributed by atoms with E-state index in [0.717, 1.165) is 39.6 Å². The minimum atomic E-state index is -0.557. The van der Waals surface area contributed by atoms with Crippen molar-refractivity contribution >= 4 is 27.9 Å². The Morgan fingerprint density at radius 3 is 1.67 bits per heavy atom. The maximum absolute atomic E-state index is 12.5. The minimum Gasteiger partial charge on any atom is -0.460 e. The molecule has 254 valence electrons. The molecule has 0 saturated heterocycles. The van der Waals surface area contributed by atoms with Gasteiger partial charge < -0.3 is 14.2 Å². The van der Waals surface area contributed by atoms with E-state index in [1.54, 1.807) is 0 Å². The molecule has 48 heavy (non-hydrogen) atoms. The second-order valence-corrected chi connectivity index (χ2v) is 14.2. The van der Waals surface area contributed by atoms with Crippen LogP contribution in [0.5, 0.6) is 0 Å². The van der Waals surface area contributed by atoms with Gasteiger partial charge >= 0.3 is 11.9 Å². The van der Waals surface area contributed by atoms with E-state index in [1.165, 1.54) is 0 Å². The van der Waals surface area contributed by atoms with Crippen molar-refractivity contribution in [2.45, 2.75) is 104 Å². The highest BCUT2D eigenvalue weighted by molar-refractivity contribution is 9.08. The Morgan fingerprint density at radius 2 is 1.10 bits per heavy atom. The van der Waals surface area contributed by atoms with Crippen LogP contribution in [-0.2, 0) is 55.2 Å². The van der Waals surface area contributed by atoms with Crippen molar-refractivity contribution in [1.29, 1.82) is 0 Å². The Labute approximate surface area is 292 Å². The zero-order chi connectivity index (χ0) is 34.9. The maximum atomic E-state index is 12.5. The predicted octanol–water partition coefficient (Wildman–Crippen LogP) is 8.07. The van der Waals surface area contributed by atoms with Crippen LogP contribution in [0.15, 0.2) is 60.7 Å². The van der Waals surface area contributed by atoms with E-state index < -0.39 is 11.2 Å². The lowest BCUT2D eigenvalue weighted by atomic mass is 10.0. The highest BCUT2D eigenvalue weighted by Crippen LogP contribution is 2.23. The van der Waals surface area contributed by atoms with Gasteiger partial charge in [0.1, 0.15) is 11.2 Å². The van der Waals surface area contributed by atoms with Crippen LogP contribution in [0.4, 0.5) is 0 Å². The molecule has 4 heterocycles. The average molecular weight is 718 g/mol. The molecule has 0 fully saturated rings. The van der Waals surface area contributed by atoms with Gasteiger partial charge in [-0.3, -0.25) is 19.6 Å². The fourth-order valence-electron chi connectivity index (χ4n) is 4.95. The standard InChI is InChI=1S/C38H45BrN4O5/c1-25-18-26(14-16-35(44)47-37(2,3)4)20-33(40-25)34-21-27(15-17-36(45)48-38(5,6)7)19-30(43-34)24-46-23-29-11-9-13-32(42-29)31-12-8-10-28(22-39)41-31/h8-13,18-21H,14-17,22-24H2,1-7H3. The normalized spacial score (nSPS) is 11.8. The number of aromatic nitrogens is 4. The number of ether oxygens (including phenoxy) is 3. The number of esters is 2. The van der Waals surface area contributed by atoms with Gasteiger partial charge in [0, 0.05) is 23.9 Å². The lowest BCUT2D eigenvalue weighted by Crippen LogP contribution is -2.24. The van der Waals surface area contributed by atoms with Crippen molar-refractivity contribution < 1.29 is 23.8 Å². The number of carbonyl (C=O) groups is 2. The van der Waals surface area contributed by atoms with Crippen LogP contribution < -0.4 is 0 Å². The molecule has 0 radical (unpaired) electrons. The van der Waals surface area contributed by atoms with Crippen LogP contribution in [0.3, 0.4) is 0 Å². The van der Waals surface area contributed by atoms with Gasteiger partial charge in [0.05, 0.1) is 53.1 Å². The molecule has 4 rings (SSSR count). The van der Waals surface area contributed by atoms with Crippen molar-refractivity contribution in [3.8, 4) is 22.8 Å². The number of alkyl halides is 1. The average Bonchev–Trinajstić information content (AvgIpc) is 3.01. The van der Waals surface area contributed by atoms with Crippen LogP contribution in [-0.4, -0.2) is 43.1 Å². The van der Waals surface area contributed by atoms with Crippen LogP contribution in [0.1, 0.15) is 88.3 Å². The summed E-state index contributed by atoms with van der Waals surface area (Å²) in [5, 5.41) is 0.668. The third-order valence-corrected chi connectivity index (χ3v) is 7.38. The van der Waals surface area contributed by atoms with Crippen LogP contribution in [0, 0.1) is 6.92 Å². The van der Waals surface area contributed by atoms with Gasteiger partial charge in [-0.25, -0.2) is 9.97 Å². The maximum Gasteiger partial charge on any atom is 0.306 e. The first-order valence-electron chi connectivity index (χ1n) is 16.1. The van der Waals surface area contributed by atoms with E-state index in [-0.39, 0.29) is 38.0 Å². The molecule has 0 aromatic carbocycles. The van der Waals surface area contributed by atoms with Crippen molar-refractivity contribution in [2.75, 3.05) is 0 Å². The number of pyridine rings is 4. The highest BCUT2D eigenvalue weighted by Gasteiger charge is 2.18. The molecule has 10 heteroatoms. The first-order valence-corrected chi connectivity index (χ1v) is 17.3. The summed E-state index contributed by atoms with van der Waals surface area (Å²) in [6.45, 7) is 13.6. The fourth-order valence-corrected chi connectivity index (χ4v) is 5.27. The fraction of sp³-hybridized carbons (Fsp3) is 0.421. The van der Waals surface area contributed by atoms with Crippen LogP contribution >= 0.6 is 15.9 Å². The van der Waals surface area contributed by atoms with E-state index in [9.17, 15) is 9.59 Å². The second kappa shape index (κ2) is 16.4. The Bertz CT molecular complexity index is 1730. The molecule has 0 N–H and O–H groups in total. The number of aryl methyl sites for hydroxylation is 3. The van der Waals surface area contributed by atoms with Crippen molar-refractivity contribution in [2.24, 2.45) is 0 Å². The molecule has 4 aromatic rings. The monoisotopic (exact) mass is 716 g/mol. The first-order chi connectivity index (χ1) is 22.7. The zero-order valence-electron chi connectivity index (χ0n) is 28.9. The number of nitrogens with zero attached hydrogens (tertiary/aromatic N) is 4. The molecule has 0 bridgehead atoms. The number of rotatable bonds is 13. The molecule has 0 amide bonds. The molecule has 0 spiro atoms. The molecular formula is C38H45BrN4O5. The number of halogens is 1. The van der Waals surface area contributed by atoms with Gasteiger partial charge in [0.25, 0.3) is 0 Å². The summed E-state index contributed by atoms with van der Waals surface area (Å²) in [6, 6.07) is 19.5. The van der Waals surface area contributed by atoms with Gasteiger partial charge in [-0.1, -0.05) is 28.1 Å². The lowest BCUT2D eigenvalue weighted by molar-refractivity contribution is -0.155. The van der Waals surface area contributed by atoms with Gasteiger partial charge in [-0.2, -0.15) is 0 Å². The first kappa shape index (κ1) is 36.8. The van der Waals surface area contributed by atoms with E-state index in [0.29, 0.717) is 35.3 Å². The Morgan fingerprint density at radius 1 is 0.625 bits per heavy atom. The van der Waals surface area contributed by atoms with E-state index in [2.05, 4.69) is 20.9 Å². The topological polar surface area (TPSA) is 113 Å². The molecule has 4 aromatic heterocycles. The smallest absolute Gasteiger partial charge is 0.306 e. The Hall–Kier alpha value is -4.02. The van der Waals surface area contributed by atoms with Crippen LogP contribution in [0.2, 0.25) is 0 Å². The third-order valence-electron chi connectivity index (χ3n) is 6.80. The summed E-state index contributed by atoms with van der Waals surface area (Å²) < 4.78 is 17.1. The minimum absolute atomic E-state index is 0.227. The Balaban J connectivity index is 1.54. The van der Waals surface area contributed by atoms with Crippen LogP contribution in [0.25, 0.3) is 22.8 Å². The van der Waals surface area contributed by atoms with E-state index in [4.69, 9.17) is 29.2 Å².